The van der Waals surface area contributed by atoms with Crippen LogP contribution in [0, 0.1) is 0 Å². The molecule has 0 fully saturated rings. The van der Waals surface area contributed by atoms with E-state index in [0.29, 0.717) is 35.3 Å². The van der Waals surface area contributed by atoms with Crippen molar-refractivity contribution in [3.8, 4) is 17.2 Å². The molecule has 0 unspecified atom stereocenters. The highest BCUT2D eigenvalue weighted by Crippen LogP contribution is 2.38. The van der Waals surface area contributed by atoms with Crippen LogP contribution in [0.3, 0.4) is 0 Å². The van der Waals surface area contributed by atoms with Crippen molar-refractivity contribution < 1.29 is 19.3 Å². The van der Waals surface area contributed by atoms with Crippen LogP contribution >= 0.6 is 11.6 Å². The van der Waals surface area contributed by atoms with Gasteiger partial charge in [0.25, 0.3) is 0 Å². The average Bonchev–Trinajstić information content (AvgIpc) is 2.35. The summed E-state index contributed by atoms with van der Waals surface area (Å²) < 4.78 is 15.8. The largest absolute Gasteiger partial charge is 0.493 e. The van der Waals surface area contributed by atoms with E-state index >= 15 is 0 Å². The molecule has 4 nitrogen and oxygen atoms in total. The lowest BCUT2D eigenvalue weighted by Gasteiger charge is -2.14. The Morgan fingerprint density at radius 1 is 1.19 bits per heavy atom. The zero-order chi connectivity index (χ0) is 12.0. The maximum atomic E-state index is 9.07. The van der Waals surface area contributed by atoms with Gasteiger partial charge in [0.2, 0.25) is 5.75 Å². The summed E-state index contributed by atoms with van der Waals surface area (Å²) in [6, 6.07) is 3.40. The van der Waals surface area contributed by atoms with Crippen LogP contribution in [0.15, 0.2) is 12.1 Å². The summed E-state index contributed by atoms with van der Waals surface area (Å²) in [6.45, 7) is 0.287. The van der Waals surface area contributed by atoms with E-state index in [1.54, 1.807) is 12.1 Å². The zero-order valence-electron chi connectivity index (χ0n) is 9.33. The molecule has 0 aromatic heterocycles. The number of benzene rings is 1. The van der Waals surface area contributed by atoms with E-state index in [1.165, 1.54) is 14.2 Å². The lowest BCUT2D eigenvalue weighted by molar-refractivity contribution is 0.272. The average molecular weight is 247 g/mol. The maximum Gasteiger partial charge on any atom is 0.203 e. The molecular weight excluding hydrogens is 232 g/mol. The number of methoxy groups -OCH3 is 2. The van der Waals surface area contributed by atoms with Gasteiger partial charge in [-0.25, -0.2) is 0 Å². The van der Waals surface area contributed by atoms with Crippen molar-refractivity contribution in [3.05, 3.63) is 17.7 Å². The van der Waals surface area contributed by atoms with Gasteiger partial charge in [-0.3, -0.25) is 0 Å². The van der Waals surface area contributed by atoms with Gasteiger partial charge in [-0.15, -0.1) is 11.6 Å². The minimum absolute atomic E-state index is 0.0808. The molecule has 0 heterocycles. The second-order valence-corrected chi connectivity index (χ2v) is 3.40. The van der Waals surface area contributed by atoms with Crippen molar-refractivity contribution in [3.63, 3.8) is 0 Å². The second kappa shape index (κ2) is 6.45. The lowest BCUT2D eigenvalue weighted by atomic mass is 10.2. The number of hydrogen-bond donors (Lipinski definition) is 1. The second-order valence-electron chi connectivity index (χ2n) is 3.03. The fourth-order valence-electron chi connectivity index (χ4n) is 1.31. The van der Waals surface area contributed by atoms with Crippen molar-refractivity contribution in [2.75, 3.05) is 26.7 Å². The summed E-state index contributed by atoms with van der Waals surface area (Å²) in [5, 5.41) is 9.07. The van der Waals surface area contributed by atoms with E-state index in [9.17, 15) is 0 Å². The molecule has 1 aromatic rings. The van der Waals surface area contributed by atoms with E-state index < -0.39 is 0 Å². The zero-order valence-corrected chi connectivity index (χ0v) is 10.1. The molecule has 0 aliphatic heterocycles. The van der Waals surface area contributed by atoms with Gasteiger partial charge in [0, 0.05) is 0 Å². The summed E-state index contributed by atoms with van der Waals surface area (Å²) in [4.78, 5) is 0. The van der Waals surface area contributed by atoms with Crippen molar-refractivity contribution in [1.29, 1.82) is 0 Å². The predicted octanol–water partition coefficient (Wildman–Crippen LogP) is 1.81. The Hall–Kier alpha value is -1.13. The molecule has 1 N–H and O–H groups in total. The Balaban J connectivity index is 3.09. The Morgan fingerprint density at radius 3 is 2.12 bits per heavy atom. The van der Waals surface area contributed by atoms with E-state index in [-0.39, 0.29) is 6.61 Å². The number of aliphatic hydroxyl groups is 1. The van der Waals surface area contributed by atoms with Gasteiger partial charge >= 0.3 is 0 Å². The molecule has 0 saturated heterocycles. The Kier molecular flexibility index (Phi) is 5.22. The lowest BCUT2D eigenvalue weighted by Crippen LogP contribution is -2.03. The third-order valence-electron chi connectivity index (χ3n) is 2.03. The van der Waals surface area contributed by atoms with Gasteiger partial charge in [0.15, 0.2) is 11.5 Å². The first-order valence-corrected chi connectivity index (χ1v) is 5.34. The minimum atomic E-state index is -0.0808. The molecule has 5 heteroatoms. The van der Waals surface area contributed by atoms with Crippen molar-refractivity contribution in [2.45, 2.75) is 6.61 Å². The molecule has 0 amide bonds. The summed E-state index contributed by atoms with van der Waals surface area (Å²) in [6.07, 6.45) is 0. The molecule has 0 bridgehead atoms. The van der Waals surface area contributed by atoms with E-state index in [2.05, 4.69) is 0 Å². The molecular formula is C11H15ClO4. The number of rotatable bonds is 6. The van der Waals surface area contributed by atoms with Crippen LogP contribution in [-0.2, 0) is 6.61 Å². The highest BCUT2D eigenvalue weighted by molar-refractivity contribution is 6.18. The molecule has 1 rings (SSSR count). The normalized spacial score (nSPS) is 10.0. The number of aliphatic hydroxyl groups excluding tert-OH is 1. The van der Waals surface area contributed by atoms with Crippen LogP contribution in [-0.4, -0.2) is 31.8 Å². The van der Waals surface area contributed by atoms with Crippen LogP contribution in [0.25, 0.3) is 0 Å². The van der Waals surface area contributed by atoms with E-state index in [0.717, 1.165) is 0 Å². The molecule has 0 atom stereocenters. The van der Waals surface area contributed by atoms with E-state index in [4.69, 9.17) is 30.9 Å². The predicted molar refractivity (Wildman–Crippen MR) is 61.7 cm³/mol. The third kappa shape index (κ3) is 2.93. The molecule has 0 aliphatic carbocycles. The highest BCUT2D eigenvalue weighted by atomic mass is 35.5. The number of alkyl halides is 1. The molecule has 1 aromatic carbocycles. The summed E-state index contributed by atoms with van der Waals surface area (Å²) >= 11 is 5.55. The van der Waals surface area contributed by atoms with Gasteiger partial charge in [0.05, 0.1) is 26.7 Å². The van der Waals surface area contributed by atoms with E-state index in [1.807, 2.05) is 0 Å². The van der Waals surface area contributed by atoms with Crippen molar-refractivity contribution >= 4 is 11.6 Å². The first kappa shape index (κ1) is 12.9. The van der Waals surface area contributed by atoms with Crippen molar-refractivity contribution in [2.24, 2.45) is 0 Å². The van der Waals surface area contributed by atoms with Gasteiger partial charge in [0.1, 0.15) is 6.61 Å². The van der Waals surface area contributed by atoms with Gasteiger partial charge < -0.3 is 19.3 Å². The maximum absolute atomic E-state index is 9.07. The minimum Gasteiger partial charge on any atom is -0.493 e. The van der Waals surface area contributed by atoms with Crippen LogP contribution in [0.4, 0.5) is 0 Å². The fraction of sp³-hybridized carbons (Fsp3) is 0.455. The van der Waals surface area contributed by atoms with Crippen LogP contribution < -0.4 is 14.2 Å². The van der Waals surface area contributed by atoms with Gasteiger partial charge in [-0.05, 0) is 17.7 Å². The Bertz CT molecular complexity index is 316. The summed E-state index contributed by atoms with van der Waals surface area (Å²) in [7, 11) is 3.06. The fourth-order valence-corrected chi connectivity index (χ4v) is 1.39. The third-order valence-corrected chi connectivity index (χ3v) is 2.18. The molecule has 16 heavy (non-hydrogen) atoms. The molecule has 0 spiro atoms. The SMILES string of the molecule is COc1cc(CO)cc(OC)c1OCCCl. The van der Waals surface area contributed by atoms with Crippen LogP contribution in [0.2, 0.25) is 0 Å². The first-order valence-electron chi connectivity index (χ1n) is 4.81. The quantitative estimate of drug-likeness (QED) is 0.778. The van der Waals surface area contributed by atoms with Crippen LogP contribution in [0.1, 0.15) is 5.56 Å². The number of hydrogen-bond acceptors (Lipinski definition) is 4. The van der Waals surface area contributed by atoms with Crippen molar-refractivity contribution in [1.82, 2.24) is 0 Å². The number of ether oxygens (including phenoxy) is 3. The first-order chi connectivity index (χ1) is 7.76. The monoisotopic (exact) mass is 246 g/mol. The molecule has 0 radical (unpaired) electrons. The van der Waals surface area contributed by atoms with Crippen LogP contribution in [0.5, 0.6) is 17.2 Å². The highest BCUT2D eigenvalue weighted by Gasteiger charge is 2.13. The van der Waals surface area contributed by atoms with Gasteiger partial charge in [-0.1, -0.05) is 0 Å². The topological polar surface area (TPSA) is 47.9 Å². The summed E-state index contributed by atoms with van der Waals surface area (Å²) in [5.41, 5.74) is 0.701. The molecule has 0 aliphatic rings. The molecule has 0 saturated carbocycles. The number of halogens is 1. The van der Waals surface area contributed by atoms with Gasteiger partial charge in [-0.2, -0.15) is 0 Å². The standard InChI is InChI=1S/C11H15ClO4/c1-14-9-5-8(7-13)6-10(15-2)11(9)16-4-3-12/h5-6,13H,3-4,7H2,1-2H3. The Labute approximate surface area is 99.7 Å². The smallest absolute Gasteiger partial charge is 0.203 e. The Morgan fingerprint density at radius 2 is 1.75 bits per heavy atom. The molecule has 90 valence electrons. The summed E-state index contributed by atoms with van der Waals surface area (Å²) in [5.74, 6) is 1.93.